The normalized spacial score (nSPS) is 13.4. The largest absolute Gasteiger partial charge is 0.481 e. The molecule has 0 aliphatic heterocycles. The van der Waals surface area contributed by atoms with Crippen LogP contribution in [0.4, 0.5) is 0 Å². The monoisotopic (exact) mass is 370 g/mol. The van der Waals surface area contributed by atoms with Crippen molar-refractivity contribution in [2.45, 2.75) is 45.6 Å². The molecule has 1 atom stereocenters. The predicted molar refractivity (Wildman–Crippen MR) is 110 cm³/mol. The first-order valence-electron chi connectivity index (χ1n) is 9.24. The van der Waals surface area contributed by atoms with E-state index in [2.05, 4.69) is 76.2 Å². The van der Waals surface area contributed by atoms with Crippen molar-refractivity contribution in [2.24, 2.45) is 5.92 Å². The van der Waals surface area contributed by atoms with E-state index < -0.39 is 14.3 Å². The summed E-state index contributed by atoms with van der Waals surface area (Å²) in [6.45, 7) is 9.39. The van der Waals surface area contributed by atoms with Gasteiger partial charge < -0.3 is 9.53 Å². The Balaban J connectivity index is 2.42. The average molecular weight is 371 g/mol. The molecule has 1 N–H and O–H groups in total. The number of hydrogen-bond acceptors (Lipinski definition) is 2. The molecule has 2 aromatic rings. The first-order valence-corrected chi connectivity index (χ1v) is 11.1. The number of hydrogen-bond donors (Lipinski definition) is 1. The summed E-state index contributed by atoms with van der Waals surface area (Å²) in [5.41, 5.74) is 0. The van der Waals surface area contributed by atoms with Crippen LogP contribution in [0.15, 0.2) is 60.7 Å². The fourth-order valence-corrected chi connectivity index (χ4v) is 8.17. The van der Waals surface area contributed by atoms with Crippen molar-refractivity contribution in [1.82, 2.24) is 0 Å². The minimum atomic E-state index is -2.52. The second-order valence-electron chi connectivity index (χ2n) is 8.01. The molecular formula is C22H30O3Si. The fourth-order valence-electron chi connectivity index (χ4n) is 3.48. The van der Waals surface area contributed by atoms with Crippen molar-refractivity contribution in [1.29, 1.82) is 0 Å². The van der Waals surface area contributed by atoms with E-state index in [-0.39, 0.29) is 17.4 Å². The van der Waals surface area contributed by atoms with E-state index in [4.69, 9.17) is 9.53 Å². The molecule has 1 unspecified atom stereocenters. The fraction of sp³-hybridized carbons (Fsp3) is 0.409. The third-order valence-electron chi connectivity index (χ3n) is 4.85. The molecule has 140 valence electrons. The van der Waals surface area contributed by atoms with Gasteiger partial charge >= 0.3 is 5.97 Å². The highest BCUT2D eigenvalue weighted by Gasteiger charge is 2.50. The lowest BCUT2D eigenvalue weighted by atomic mass is 10.1. The van der Waals surface area contributed by atoms with Crippen LogP contribution in [-0.2, 0) is 9.22 Å². The van der Waals surface area contributed by atoms with E-state index in [1.54, 1.807) is 0 Å². The number of carboxylic acids is 1. The first-order chi connectivity index (χ1) is 12.3. The van der Waals surface area contributed by atoms with Crippen molar-refractivity contribution >= 4 is 24.7 Å². The molecule has 0 heterocycles. The van der Waals surface area contributed by atoms with Crippen LogP contribution in [0.3, 0.4) is 0 Å². The Morgan fingerprint density at radius 2 is 1.46 bits per heavy atom. The predicted octanol–water partition coefficient (Wildman–Crippen LogP) is 4.06. The summed E-state index contributed by atoms with van der Waals surface area (Å²) >= 11 is 0. The molecule has 0 aliphatic rings. The Kier molecular flexibility index (Phi) is 6.79. The van der Waals surface area contributed by atoms with E-state index in [0.29, 0.717) is 13.0 Å². The molecule has 0 aromatic heterocycles. The smallest absolute Gasteiger partial charge is 0.303 e. The number of benzene rings is 2. The lowest BCUT2D eigenvalue weighted by Crippen LogP contribution is -2.66. The molecule has 0 amide bonds. The van der Waals surface area contributed by atoms with Gasteiger partial charge in [-0.1, -0.05) is 88.4 Å². The van der Waals surface area contributed by atoms with Gasteiger partial charge in [0.25, 0.3) is 8.32 Å². The zero-order chi connectivity index (χ0) is 19.2. The summed E-state index contributed by atoms with van der Waals surface area (Å²) < 4.78 is 6.81. The minimum Gasteiger partial charge on any atom is -0.481 e. The molecule has 26 heavy (non-hydrogen) atoms. The third-order valence-corrected chi connectivity index (χ3v) is 9.86. The standard InChI is InChI=1S/C22H30O3Si/c1-18(15-16-21(23)24)17-25-26(22(2,3)4,19-11-7-5-8-12-19)20-13-9-6-10-14-20/h5-14,18H,15-17H2,1-4H3,(H,23,24). The van der Waals surface area contributed by atoms with Crippen LogP contribution in [0.1, 0.15) is 40.5 Å². The van der Waals surface area contributed by atoms with E-state index in [9.17, 15) is 4.79 Å². The van der Waals surface area contributed by atoms with Gasteiger partial charge in [0, 0.05) is 13.0 Å². The number of carbonyl (C=O) groups is 1. The molecule has 3 nitrogen and oxygen atoms in total. The maximum Gasteiger partial charge on any atom is 0.303 e. The molecule has 0 bridgehead atoms. The van der Waals surface area contributed by atoms with Gasteiger partial charge in [0.15, 0.2) is 0 Å². The van der Waals surface area contributed by atoms with Crippen LogP contribution in [-0.4, -0.2) is 26.0 Å². The summed E-state index contributed by atoms with van der Waals surface area (Å²) in [5.74, 6) is -0.546. The SMILES string of the molecule is CC(CCC(=O)O)CO[Si](c1ccccc1)(c1ccccc1)C(C)(C)C. The second-order valence-corrected chi connectivity index (χ2v) is 12.3. The lowest BCUT2D eigenvalue weighted by molar-refractivity contribution is -0.137. The molecule has 2 rings (SSSR count). The van der Waals surface area contributed by atoms with Crippen molar-refractivity contribution in [3.8, 4) is 0 Å². The van der Waals surface area contributed by atoms with Gasteiger partial charge in [0.1, 0.15) is 0 Å². The Labute approximate surface area is 158 Å². The first kappa shape index (κ1) is 20.4. The van der Waals surface area contributed by atoms with Crippen molar-refractivity contribution in [3.63, 3.8) is 0 Å². The highest BCUT2D eigenvalue weighted by molar-refractivity contribution is 6.99. The van der Waals surface area contributed by atoms with Gasteiger partial charge in [-0.2, -0.15) is 0 Å². The van der Waals surface area contributed by atoms with Gasteiger partial charge in [-0.3, -0.25) is 4.79 Å². The average Bonchev–Trinajstić information content (AvgIpc) is 2.61. The zero-order valence-corrected chi connectivity index (χ0v) is 17.2. The number of carboxylic acid groups (broad SMARTS) is 1. The van der Waals surface area contributed by atoms with E-state index in [1.165, 1.54) is 10.4 Å². The Hall–Kier alpha value is -1.91. The highest BCUT2D eigenvalue weighted by atomic mass is 28.4. The van der Waals surface area contributed by atoms with Gasteiger partial charge in [-0.05, 0) is 27.8 Å². The molecule has 0 spiro atoms. The second kappa shape index (κ2) is 8.65. The van der Waals surface area contributed by atoms with Crippen molar-refractivity contribution in [3.05, 3.63) is 60.7 Å². The van der Waals surface area contributed by atoms with E-state index >= 15 is 0 Å². The van der Waals surface area contributed by atoms with Crippen LogP contribution >= 0.6 is 0 Å². The van der Waals surface area contributed by atoms with Gasteiger partial charge in [-0.15, -0.1) is 0 Å². The molecule has 0 saturated carbocycles. The summed E-state index contributed by atoms with van der Waals surface area (Å²) in [4.78, 5) is 10.9. The maximum absolute atomic E-state index is 10.9. The number of rotatable bonds is 8. The quantitative estimate of drug-likeness (QED) is 0.713. The number of aliphatic carboxylic acids is 1. The topological polar surface area (TPSA) is 46.5 Å². The minimum absolute atomic E-state index is 0.0533. The molecule has 4 heteroatoms. The molecule has 0 radical (unpaired) electrons. The van der Waals surface area contributed by atoms with Crippen molar-refractivity contribution in [2.75, 3.05) is 6.61 Å². The Morgan fingerprint density at radius 3 is 1.85 bits per heavy atom. The van der Waals surface area contributed by atoms with E-state index in [1.807, 2.05) is 12.1 Å². The van der Waals surface area contributed by atoms with Gasteiger partial charge in [0.2, 0.25) is 0 Å². The third kappa shape index (κ3) is 4.62. The Bertz CT molecular complexity index is 653. The van der Waals surface area contributed by atoms with Crippen molar-refractivity contribution < 1.29 is 14.3 Å². The van der Waals surface area contributed by atoms with Crippen LogP contribution in [0.25, 0.3) is 0 Å². The summed E-state index contributed by atoms with van der Waals surface area (Å²) in [5, 5.41) is 11.4. The molecule has 0 aliphatic carbocycles. The molecule has 2 aromatic carbocycles. The molecule has 0 saturated heterocycles. The summed E-state index contributed by atoms with van der Waals surface area (Å²) in [6, 6.07) is 21.0. The van der Waals surface area contributed by atoms with Crippen LogP contribution in [0, 0.1) is 5.92 Å². The molecular weight excluding hydrogens is 340 g/mol. The maximum atomic E-state index is 10.9. The zero-order valence-electron chi connectivity index (χ0n) is 16.2. The van der Waals surface area contributed by atoms with Gasteiger partial charge in [0.05, 0.1) is 0 Å². The van der Waals surface area contributed by atoms with Crippen LogP contribution < -0.4 is 10.4 Å². The van der Waals surface area contributed by atoms with Crippen LogP contribution in [0.2, 0.25) is 5.04 Å². The summed E-state index contributed by atoms with van der Waals surface area (Å²) in [7, 11) is -2.52. The Morgan fingerprint density at radius 1 is 1.00 bits per heavy atom. The highest BCUT2D eigenvalue weighted by Crippen LogP contribution is 2.37. The lowest BCUT2D eigenvalue weighted by Gasteiger charge is -2.43. The summed E-state index contributed by atoms with van der Waals surface area (Å²) in [6.07, 6.45) is 0.818. The van der Waals surface area contributed by atoms with Crippen LogP contribution in [0.5, 0.6) is 0 Å². The van der Waals surface area contributed by atoms with E-state index in [0.717, 1.165) is 0 Å². The molecule has 0 fully saturated rings. The van der Waals surface area contributed by atoms with Gasteiger partial charge in [-0.25, -0.2) is 0 Å².